The van der Waals surface area contributed by atoms with Crippen molar-refractivity contribution >= 4 is 40.5 Å². The van der Waals surface area contributed by atoms with E-state index in [4.69, 9.17) is 23.7 Å². The lowest BCUT2D eigenvalue weighted by atomic mass is 10.1. The zero-order valence-corrected chi connectivity index (χ0v) is 20.6. The van der Waals surface area contributed by atoms with Gasteiger partial charge in [0.05, 0.1) is 20.3 Å². The molecule has 0 spiro atoms. The number of esters is 3. The average molecular weight is 485 g/mol. The molecule has 0 unspecified atom stereocenters. The highest BCUT2D eigenvalue weighted by Gasteiger charge is 2.33. The summed E-state index contributed by atoms with van der Waals surface area (Å²) in [5, 5.41) is 3.87. The quantitative estimate of drug-likeness (QED) is 0.156. The zero-order chi connectivity index (χ0) is 24.8. The van der Waals surface area contributed by atoms with Gasteiger partial charge in [0.2, 0.25) is 0 Å². The van der Waals surface area contributed by atoms with Crippen molar-refractivity contribution in [2.75, 3.05) is 38.4 Å². The first kappa shape index (κ1) is 28.2. The van der Waals surface area contributed by atoms with Crippen molar-refractivity contribution in [2.45, 2.75) is 46.0 Å². The van der Waals surface area contributed by atoms with Gasteiger partial charge in [0.25, 0.3) is 0 Å². The Hall–Kier alpha value is -2.79. The van der Waals surface area contributed by atoms with Crippen LogP contribution < -0.4 is 10.1 Å². The topological polar surface area (TPSA) is 122 Å². The number of methoxy groups -OCH3 is 1. The third kappa shape index (κ3) is 11.6. The van der Waals surface area contributed by atoms with Crippen LogP contribution >= 0.6 is 11.8 Å². The molecule has 0 heterocycles. The second-order valence-corrected chi connectivity index (χ2v) is 7.64. The Morgan fingerprint density at radius 1 is 1.03 bits per heavy atom. The largest absolute Gasteiger partial charge is 0.497 e. The summed E-state index contributed by atoms with van der Waals surface area (Å²) < 4.78 is 26.5. The molecule has 0 aromatic heterocycles. The zero-order valence-electron chi connectivity index (χ0n) is 19.8. The molecule has 33 heavy (non-hydrogen) atoms. The van der Waals surface area contributed by atoms with E-state index in [1.807, 2.05) is 30.5 Å². The molecule has 0 bridgehead atoms. The van der Waals surface area contributed by atoms with Crippen LogP contribution in [0.3, 0.4) is 0 Å². The van der Waals surface area contributed by atoms with Gasteiger partial charge in [-0.2, -0.15) is 0 Å². The number of nitrogens with zero attached hydrogens (tertiary/aromatic N) is 1. The van der Waals surface area contributed by atoms with Crippen molar-refractivity contribution in [1.82, 2.24) is 0 Å². The number of benzene rings is 1. The van der Waals surface area contributed by atoms with Crippen LogP contribution in [0.15, 0.2) is 29.3 Å². The average Bonchev–Trinajstić information content (AvgIpc) is 2.76. The van der Waals surface area contributed by atoms with Crippen molar-refractivity contribution in [2.24, 2.45) is 4.99 Å². The molecular weight excluding hydrogens is 452 g/mol. The van der Waals surface area contributed by atoms with E-state index in [-0.39, 0.29) is 19.8 Å². The fraction of sp³-hybridized carbons (Fsp3) is 0.545. The summed E-state index contributed by atoms with van der Waals surface area (Å²) in [5.74, 6) is -0.885. The van der Waals surface area contributed by atoms with Crippen molar-refractivity contribution in [3.05, 3.63) is 24.3 Å². The van der Waals surface area contributed by atoms with Crippen molar-refractivity contribution in [1.29, 1.82) is 0 Å². The van der Waals surface area contributed by atoms with Gasteiger partial charge in [-0.05, 0) is 37.4 Å². The molecule has 1 rings (SSSR count). The van der Waals surface area contributed by atoms with Gasteiger partial charge in [0.1, 0.15) is 24.6 Å². The predicted octanol–water partition coefficient (Wildman–Crippen LogP) is 2.66. The third-order valence-electron chi connectivity index (χ3n) is 4.15. The highest BCUT2D eigenvalue weighted by atomic mass is 32.2. The Labute approximate surface area is 198 Å². The van der Waals surface area contributed by atoms with Gasteiger partial charge in [-0.3, -0.25) is 19.4 Å². The Bertz CT molecular complexity index is 800. The number of nitrogens with one attached hydrogen (secondary N) is 1. The number of hydrogen-bond acceptors (Lipinski definition) is 10. The maximum absolute atomic E-state index is 11.6. The first-order chi connectivity index (χ1) is 15.7. The molecule has 0 amide bonds. The number of rotatable bonds is 12. The molecule has 11 heteroatoms. The van der Waals surface area contributed by atoms with Crippen LogP contribution in [0.1, 0.15) is 27.7 Å². The number of ether oxygens (including phenoxy) is 5. The molecular formula is C22H32N2O8S. The van der Waals surface area contributed by atoms with Crippen LogP contribution in [0.4, 0.5) is 5.69 Å². The van der Waals surface area contributed by atoms with E-state index in [1.54, 1.807) is 14.0 Å². The minimum absolute atomic E-state index is 0.144. The highest BCUT2D eigenvalue weighted by Crippen LogP contribution is 2.17. The molecule has 0 aliphatic carbocycles. The molecule has 10 nitrogen and oxygen atoms in total. The molecule has 1 aromatic carbocycles. The molecule has 3 atom stereocenters. The van der Waals surface area contributed by atoms with Gasteiger partial charge in [-0.25, -0.2) is 0 Å². The van der Waals surface area contributed by atoms with E-state index in [9.17, 15) is 14.4 Å². The van der Waals surface area contributed by atoms with Gasteiger partial charge in [-0.1, -0.05) is 11.8 Å². The summed E-state index contributed by atoms with van der Waals surface area (Å²) in [6.07, 6.45) is -0.743. The van der Waals surface area contributed by atoms with Gasteiger partial charge < -0.3 is 29.0 Å². The van der Waals surface area contributed by atoms with Crippen LogP contribution in [0.5, 0.6) is 5.75 Å². The van der Waals surface area contributed by atoms with E-state index in [0.717, 1.165) is 11.4 Å². The lowest BCUT2D eigenvalue weighted by Crippen LogP contribution is -2.45. The second-order valence-electron chi connectivity index (χ2n) is 6.84. The van der Waals surface area contributed by atoms with E-state index in [2.05, 4.69) is 10.3 Å². The minimum Gasteiger partial charge on any atom is -0.497 e. The smallest absolute Gasteiger partial charge is 0.303 e. The Morgan fingerprint density at radius 2 is 1.67 bits per heavy atom. The Morgan fingerprint density at radius 3 is 2.18 bits per heavy atom. The van der Waals surface area contributed by atoms with Crippen LogP contribution in [-0.2, 0) is 33.3 Å². The molecule has 184 valence electrons. The number of amidine groups is 1. The molecule has 0 radical (unpaired) electrons. The molecule has 0 saturated carbocycles. The molecule has 1 aromatic rings. The molecule has 0 fully saturated rings. The van der Waals surface area contributed by atoms with Gasteiger partial charge in [0, 0.05) is 26.5 Å². The molecule has 0 aliphatic rings. The standard InChI is InChI=1S/C22H32N2O8S/c1-14(31-16(3)26)21(32-17(4)27)20(13-30-15(2)25)29-12-11-23-22(33-6)24-18-7-9-19(28-5)10-8-18/h7-10,14,20-21H,11-13H2,1-6H3,(H,23,24)/t14-,20-,21+/m1/s1. The summed E-state index contributed by atoms with van der Waals surface area (Å²) in [7, 11) is 1.60. The second kappa shape index (κ2) is 15.1. The first-order valence-electron chi connectivity index (χ1n) is 10.2. The summed E-state index contributed by atoms with van der Waals surface area (Å²) in [6.45, 7) is 5.56. The number of carbonyl (C=O) groups excluding carboxylic acids is 3. The number of carbonyl (C=O) groups is 3. The summed E-state index contributed by atoms with van der Waals surface area (Å²) >= 11 is 1.43. The summed E-state index contributed by atoms with van der Waals surface area (Å²) in [4.78, 5) is 38.7. The van der Waals surface area contributed by atoms with Gasteiger partial charge >= 0.3 is 17.9 Å². The molecule has 0 aliphatic heterocycles. The predicted molar refractivity (Wildman–Crippen MR) is 126 cm³/mol. The molecule has 0 saturated heterocycles. The number of anilines is 1. The van der Waals surface area contributed by atoms with Crippen LogP contribution in [0.2, 0.25) is 0 Å². The van der Waals surface area contributed by atoms with Crippen molar-refractivity contribution in [3.63, 3.8) is 0 Å². The number of aliphatic imine (C=N–C) groups is 1. The summed E-state index contributed by atoms with van der Waals surface area (Å²) in [5.41, 5.74) is 0.850. The van der Waals surface area contributed by atoms with Crippen molar-refractivity contribution < 1.29 is 38.1 Å². The van der Waals surface area contributed by atoms with Crippen LogP contribution in [0, 0.1) is 0 Å². The monoisotopic (exact) mass is 484 g/mol. The minimum atomic E-state index is -0.966. The van der Waals surface area contributed by atoms with E-state index in [1.165, 1.54) is 32.5 Å². The Kier molecular flexibility index (Phi) is 12.9. The van der Waals surface area contributed by atoms with E-state index in [0.29, 0.717) is 5.17 Å². The Balaban J connectivity index is 2.81. The fourth-order valence-electron chi connectivity index (χ4n) is 2.74. The number of thioether (sulfide) groups is 1. The van der Waals surface area contributed by atoms with E-state index < -0.39 is 36.2 Å². The lowest BCUT2D eigenvalue weighted by molar-refractivity contribution is -0.182. The maximum Gasteiger partial charge on any atom is 0.303 e. The van der Waals surface area contributed by atoms with Gasteiger partial charge in [0.15, 0.2) is 11.3 Å². The maximum atomic E-state index is 11.6. The molecule has 1 N–H and O–H groups in total. The highest BCUT2D eigenvalue weighted by molar-refractivity contribution is 8.13. The van der Waals surface area contributed by atoms with Crippen LogP contribution in [0.25, 0.3) is 0 Å². The third-order valence-corrected chi connectivity index (χ3v) is 4.76. The van der Waals surface area contributed by atoms with Crippen molar-refractivity contribution in [3.8, 4) is 5.75 Å². The number of hydrogen-bond donors (Lipinski definition) is 1. The van der Waals surface area contributed by atoms with Crippen LogP contribution in [-0.4, -0.2) is 74.5 Å². The fourth-order valence-corrected chi connectivity index (χ4v) is 3.18. The van der Waals surface area contributed by atoms with E-state index >= 15 is 0 Å². The van der Waals surface area contributed by atoms with Gasteiger partial charge in [-0.15, -0.1) is 0 Å². The summed E-state index contributed by atoms with van der Waals surface area (Å²) in [6, 6.07) is 7.41. The lowest BCUT2D eigenvalue weighted by Gasteiger charge is -2.30. The SMILES string of the molecule is COc1ccc(NC(=NCCO[C@H](COC(C)=O)[C@@H](OC(C)=O)[C@@H](C)OC(C)=O)SC)cc1. The normalized spacial score (nSPS) is 13.9. The first-order valence-corrected chi connectivity index (χ1v) is 11.5.